The maximum atomic E-state index is 5.78. The van der Waals surface area contributed by atoms with Gasteiger partial charge in [0.1, 0.15) is 0 Å². The van der Waals surface area contributed by atoms with Crippen LogP contribution in [0.4, 0.5) is 0 Å². The smallest absolute Gasteiger partial charge is 0.0786 e. The van der Waals surface area contributed by atoms with Crippen LogP contribution in [0, 0.1) is 0 Å². The van der Waals surface area contributed by atoms with Crippen LogP contribution in [0.2, 0.25) is 0 Å². The number of nitrogens with zero attached hydrogens (tertiary/aromatic N) is 4. The van der Waals surface area contributed by atoms with Crippen LogP contribution in [0.25, 0.3) is 21.8 Å². The second-order valence-electron chi connectivity index (χ2n) is 8.69. The van der Waals surface area contributed by atoms with Crippen molar-refractivity contribution in [1.29, 1.82) is 0 Å². The molecular weight excluding hydrogens is 382 g/mol. The Balaban J connectivity index is 1.55. The second kappa shape index (κ2) is 8.77. The number of hydrogen-bond acceptors (Lipinski definition) is 4. The summed E-state index contributed by atoms with van der Waals surface area (Å²) < 4.78 is 2.46. The topological polar surface area (TPSA) is 60.0 Å². The molecule has 2 N–H and O–H groups in total. The van der Waals surface area contributed by atoms with Crippen LogP contribution in [0.3, 0.4) is 0 Å². The van der Waals surface area contributed by atoms with Gasteiger partial charge in [0.05, 0.1) is 22.9 Å². The minimum absolute atomic E-state index is 0.345. The molecule has 1 atom stereocenters. The lowest BCUT2D eigenvalue weighted by Gasteiger charge is -2.32. The maximum absolute atomic E-state index is 5.78. The first-order chi connectivity index (χ1) is 15.3. The third-order valence-corrected chi connectivity index (χ3v) is 6.69. The Labute approximate surface area is 183 Å². The number of pyridine rings is 2. The van der Waals surface area contributed by atoms with Crippen LogP contribution in [0.15, 0.2) is 54.9 Å². The molecule has 0 spiro atoms. The first kappa shape index (κ1) is 20.2. The van der Waals surface area contributed by atoms with Gasteiger partial charge in [-0.25, -0.2) is 0 Å². The highest BCUT2D eigenvalue weighted by Crippen LogP contribution is 2.35. The third kappa shape index (κ3) is 3.73. The summed E-state index contributed by atoms with van der Waals surface area (Å²) in [5.74, 6) is 0. The van der Waals surface area contributed by atoms with E-state index >= 15 is 0 Å². The van der Waals surface area contributed by atoms with E-state index in [-0.39, 0.29) is 0 Å². The van der Waals surface area contributed by atoms with Crippen LogP contribution in [-0.4, -0.2) is 33.0 Å². The van der Waals surface area contributed by atoms with Gasteiger partial charge < -0.3 is 10.3 Å². The zero-order valence-corrected chi connectivity index (χ0v) is 18.3. The molecule has 0 saturated carbocycles. The van der Waals surface area contributed by atoms with Crippen LogP contribution in [-0.2, 0) is 19.5 Å². The van der Waals surface area contributed by atoms with Gasteiger partial charge in [-0.2, -0.15) is 0 Å². The lowest BCUT2D eigenvalue weighted by molar-refractivity contribution is 0.207. The van der Waals surface area contributed by atoms with Crippen molar-refractivity contribution < 1.29 is 0 Å². The lowest BCUT2D eigenvalue weighted by Crippen LogP contribution is -2.29. The number of hydrogen-bond donors (Lipinski definition) is 1. The minimum Gasteiger partial charge on any atom is -0.339 e. The van der Waals surface area contributed by atoms with E-state index < -0.39 is 0 Å². The Morgan fingerprint density at radius 1 is 1.03 bits per heavy atom. The van der Waals surface area contributed by atoms with E-state index in [0.717, 1.165) is 51.0 Å². The van der Waals surface area contributed by atoms with Crippen molar-refractivity contribution in [3.8, 4) is 0 Å². The Morgan fingerprint density at radius 3 is 2.84 bits per heavy atom. The van der Waals surface area contributed by atoms with Gasteiger partial charge in [-0.15, -0.1) is 0 Å². The molecule has 160 valence electrons. The van der Waals surface area contributed by atoms with Crippen molar-refractivity contribution in [3.05, 3.63) is 71.8 Å². The fourth-order valence-corrected chi connectivity index (χ4v) is 5.20. The van der Waals surface area contributed by atoms with Crippen molar-refractivity contribution in [1.82, 2.24) is 19.4 Å². The van der Waals surface area contributed by atoms with Gasteiger partial charge in [0.2, 0.25) is 0 Å². The van der Waals surface area contributed by atoms with Crippen molar-refractivity contribution in [2.45, 2.75) is 51.2 Å². The van der Waals surface area contributed by atoms with Gasteiger partial charge in [-0.1, -0.05) is 24.3 Å². The number of rotatable bonds is 7. The Kier molecular flexibility index (Phi) is 5.70. The molecule has 5 heteroatoms. The predicted octanol–water partition coefficient (Wildman–Crippen LogP) is 4.83. The highest BCUT2D eigenvalue weighted by atomic mass is 15.2. The molecule has 0 radical (unpaired) electrons. The summed E-state index contributed by atoms with van der Waals surface area (Å²) in [5, 5.41) is 2.60. The van der Waals surface area contributed by atoms with Gasteiger partial charge in [0.15, 0.2) is 0 Å². The molecule has 1 aliphatic rings. The number of fused-ring (bicyclic) bond motifs is 4. The summed E-state index contributed by atoms with van der Waals surface area (Å²) in [6, 6.07) is 15.5. The Bertz CT molecular complexity index is 1200. The molecule has 5 rings (SSSR count). The van der Waals surface area contributed by atoms with Gasteiger partial charge in [0, 0.05) is 41.8 Å². The molecule has 31 heavy (non-hydrogen) atoms. The van der Waals surface area contributed by atoms with E-state index in [1.54, 1.807) is 0 Å². The number of para-hydroxylation sites is 1. The van der Waals surface area contributed by atoms with E-state index in [9.17, 15) is 0 Å². The summed E-state index contributed by atoms with van der Waals surface area (Å²) >= 11 is 0. The minimum atomic E-state index is 0.345. The van der Waals surface area contributed by atoms with Crippen LogP contribution in [0.1, 0.15) is 48.7 Å². The average Bonchev–Trinajstić information content (AvgIpc) is 3.14. The largest absolute Gasteiger partial charge is 0.339 e. The van der Waals surface area contributed by atoms with Gasteiger partial charge in [-0.3, -0.25) is 14.9 Å². The molecule has 5 nitrogen and oxygen atoms in total. The quantitative estimate of drug-likeness (QED) is 0.441. The maximum Gasteiger partial charge on any atom is 0.0786 e. The number of benzene rings is 1. The van der Waals surface area contributed by atoms with E-state index in [4.69, 9.17) is 15.7 Å². The number of nitrogens with two attached hydrogens (primary N) is 1. The molecular formula is C26H31N5. The number of aromatic nitrogens is 3. The molecule has 1 unspecified atom stereocenters. The van der Waals surface area contributed by atoms with Crippen LogP contribution < -0.4 is 5.73 Å². The lowest BCUT2D eigenvalue weighted by atomic mass is 9.91. The van der Waals surface area contributed by atoms with E-state index in [1.165, 1.54) is 39.5 Å². The Morgan fingerprint density at radius 2 is 1.94 bits per heavy atom. The van der Waals surface area contributed by atoms with E-state index in [2.05, 4.69) is 59.0 Å². The standard InChI is InChI=1S/C26H31N5/c1-30(24-12-6-8-19-9-7-15-29-25(19)24)18-22-26-21(13-16-28-22)20-10-2-3-11-23(20)31(26)17-5-4-14-27/h2-3,7,9-11,13,15-16,24H,4-6,8,12,14,17-18,27H2,1H3. The van der Waals surface area contributed by atoms with Crippen molar-refractivity contribution >= 4 is 21.8 Å². The zero-order chi connectivity index (χ0) is 21.2. The SMILES string of the molecule is CN(Cc1nccc2c3ccccc3n(CCCCN)c12)C1CCCc2cccnc21. The number of unbranched alkanes of at least 4 members (excludes halogenated alkanes) is 1. The summed E-state index contributed by atoms with van der Waals surface area (Å²) in [6.07, 6.45) is 9.51. The zero-order valence-electron chi connectivity index (χ0n) is 18.3. The molecule has 3 aromatic heterocycles. The van der Waals surface area contributed by atoms with Crippen molar-refractivity contribution in [3.63, 3.8) is 0 Å². The summed E-state index contributed by atoms with van der Waals surface area (Å²) in [5.41, 5.74) is 12.1. The Hall–Kier alpha value is -2.76. The van der Waals surface area contributed by atoms with Crippen molar-refractivity contribution in [2.75, 3.05) is 13.6 Å². The molecule has 0 amide bonds. The van der Waals surface area contributed by atoms with Crippen molar-refractivity contribution in [2.24, 2.45) is 5.73 Å². The fraction of sp³-hybridized carbons (Fsp3) is 0.385. The van der Waals surface area contributed by atoms with Gasteiger partial charge in [0.25, 0.3) is 0 Å². The van der Waals surface area contributed by atoms with E-state index in [0.29, 0.717) is 6.04 Å². The molecule has 1 aromatic carbocycles. The highest BCUT2D eigenvalue weighted by Gasteiger charge is 2.26. The van der Waals surface area contributed by atoms with Gasteiger partial charge >= 0.3 is 0 Å². The van der Waals surface area contributed by atoms with Crippen LogP contribution in [0.5, 0.6) is 0 Å². The fourth-order valence-electron chi connectivity index (χ4n) is 5.20. The molecule has 4 aromatic rings. The second-order valence-corrected chi connectivity index (χ2v) is 8.69. The normalized spacial score (nSPS) is 16.3. The summed E-state index contributed by atoms with van der Waals surface area (Å²) in [7, 11) is 2.22. The first-order valence-electron chi connectivity index (χ1n) is 11.5. The van der Waals surface area contributed by atoms with Crippen LogP contribution >= 0.6 is 0 Å². The average molecular weight is 414 g/mol. The molecule has 0 aliphatic heterocycles. The number of aryl methyl sites for hydroxylation is 2. The third-order valence-electron chi connectivity index (χ3n) is 6.69. The first-order valence-corrected chi connectivity index (χ1v) is 11.5. The monoisotopic (exact) mass is 413 g/mol. The van der Waals surface area contributed by atoms with E-state index in [1.807, 2.05) is 12.4 Å². The highest BCUT2D eigenvalue weighted by molar-refractivity contribution is 6.08. The molecule has 0 saturated heterocycles. The molecule has 0 bridgehead atoms. The predicted molar refractivity (Wildman–Crippen MR) is 127 cm³/mol. The van der Waals surface area contributed by atoms with Gasteiger partial charge in [-0.05, 0) is 69.5 Å². The summed E-state index contributed by atoms with van der Waals surface area (Å²) in [4.78, 5) is 12.1. The molecule has 3 heterocycles. The molecule has 1 aliphatic carbocycles. The summed E-state index contributed by atoms with van der Waals surface area (Å²) in [6.45, 7) is 2.52. The molecule has 0 fully saturated rings.